The Kier molecular flexibility index (Phi) is 38.1. The van der Waals surface area contributed by atoms with E-state index in [4.69, 9.17) is 0 Å². The average molecular weight is 770 g/mol. The van der Waals surface area contributed by atoms with Crippen molar-refractivity contribution in [2.75, 3.05) is 5.75 Å². The summed E-state index contributed by atoms with van der Waals surface area (Å²) in [4.78, 5) is 12.6. The first-order valence-electron chi connectivity index (χ1n) is 22.6. The van der Waals surface area contributed by atoms with Gasteiger partial charge in [0.05, 0.1) is 17.9 Å². The molecule has 7 nitrogen and oxygen atoms in total. The SMILES string of the molecule is CCCCCCCCCCCCCCCCC/C=C/CC/C=C/C(O)C(CS(=O)(=O)O)NC(=O)C(O)CCCCCCCCCCCCCCCCC. The zero-order valence-electron chi connectivity index (χ0n) is 34.8. The zero-order valence-corrected chi connectivity index (χ0v) is 35.6. The van der Waals surface area contributed by atoms with Crippen LogP contribution in [0, 0.1) is 0 Å². The van der Waals surface area contributed by atoms with Gasteiger partial charge in [0.15, 0.2) is 0 Å². The lowest BCUT2D eigenvalue weighted by molar-refractivity contribution is -0.130. The van der Waals surface area contributed by atoms with E-state index in [0.717, 1.165) is 32.1 Å². The molecule has 0 saturated heterocycles. The Labute approximate surface area is 328 Å². The van der Waals surface area contributed by atoms with Crippen LogP contribution in [0.25, 0.3) is 0 Å². The molecule has 0 bridgehead atoms. The smallest absolute Gasteiger partial charge is 0.267 e. The molecule has 1 amide bonds. The number of allylic oxidation sites excluding steroid dienone is 3. The summed E-state index contributed by atoms with van der Waals surface area (Å²) >= 11 is 0. The van der Waals surface area contributed by atoms with E-state index in [-0.39, 0.29) is 6.42 Å². The quantitative estimate of drug-likeness (QED) is 0.0279. The molecule has 53 heavy (non-hydrogen) atoms. The van der Waals surface area contributed by atoms with Crippen LogP contribution in [0.2, 0.25) is 0 Å². The van der Waals surface area contributed by atoms with E-state index in [2.05, 4.69) is 31.3 Å². The van der Waals surface area contributed by atoms with E-state index in [1.807, 2.05) is 0 Å². The van der Waals surface area contributed by atoms with E-state index in [1.165, 1.54) is 173 Å². The first kappa shape index (κ1) is 51.8. The highest BCUT2D eigenvalue weighted by Crippen LogP contribution is 2.16. The van der Waals surface area contributed by atoms with Crippen LogP contribution in [0.3, 0.4) is 0 Å². The zero-order chi connectivity index (χ0) is 39.1. The molecule has 0 aliphatic carbocycles. The van der Waals surface area contributed by atoms with Gasteiger partial charge < -0.3 is 15.5 Å². The Morgan fingerprint density at radius 3 is 1.25 bits per heavy atom. The van der Waals surface area contributed by atoms with Crippen LogP contribution in [0.1, 0.15) is 232 Å². The van der Waals surface area contributed by atoms with Gasteiger partial charge in [-0.25, -0.2) is 0 Å². The fourth-order valence-electron chi connectivity index (χ4n) is 7.00. The number of rotatable bonds is 41. The Bertz CT molecular complexity index is 953. The van der Waals surface area contributed by atoms with Crippen LogP contribution in [0.4, 0.5) is 0 Å². The highest BCUT2D eigenvalue weighted by atomic mass is 32.2. The Morgan fingerprint density at radius 1 is 0.509 bits per heavy atom. The highest BCUT2D eigenvalue weighted by Gasteiger charge is 2.27. The van der Waals surface area contributed by atoms with Crippen LogP contribution >= 0.6 is 0 Å². The standard InChI is InChI=1S/C45H87NO6S/c1-3-5-7-9-11-13-15-17-19-20-21-22-23-24-26-27-29-31-33-35-37-39-43(47)42(41-53(50,51)52)46-45(49)44(48)40-38-36-34-32-30-28-25-18-16-14-12-10-8-6-4-2/h29,31,37,39,42-44,47-48H,3-28,30,32-36,38,40-41H2,1-2H3,(H,46,49)(H,50,51,52)/b31-29+,39-37+. The van der Waals surface area contributed by atoms with Crippen molar-refractivity contribution >= 4 is 16.0 Å². The molecule has 3 unspecified atom stereocenters. The van der Waals surface area contributed by atoms with Crippen LogP contribution in [0.5, 0.6) is 0 Å². The normalized spacial score (nSPS) is 14.0. The number of hydrogen-bond donors (Lipinski definition) is 4. The summed E-state index contributed by atoms with van der Waals surface area (Å²) < 4.78 is 32.6. The summed E-state index contributed by atoms with van der Waals surface area (Å²) in [6.07, 6.45) is 46.7. The summed E-state index contributed by atoms with van der Waals surface area (Å²) in [6, 6.07) is -1.25. The molecule has 0 aromatic heterocycles. The largest absolute Gasteiger partial charge is 0.387 e. The van der Waals surface area contributed by atoms with Gasteiger partial charge in [-0.05, 0) is 32.1 Å². The molecule has 4 N–H and O–H groups in total. The number of unbranched alkanes of at least 4 members (excludes halogenated alkanes) is 30. The molecule has 0 aliphatic heterocycles. The Balaban J connectivity index is 4.00. The molecule has 0 rings (SSSR count). The van der Waals surface area contributed by atoms with Gasteiger partial charge in [-0.15, -0.1) is 0 Å². The minimum Gasteiger partial charge on any atom is -0.387 e. The Morgan fingerprint density at radius 2 is 0.849 bits per heavy atom. The van der Waals surface area contributed by atoms with Gasteiger partial charge in [0.25, 0.3) is 10.1 Å². The molecule has 0 aromatic carbocycles. The van der Waals surface area contributed by atoms with E-state index in [9.17, 15) is 28.0 Å². The van der Waals surface area contributed by atoms with Gasteiger partial charge in [0.2, 0.25) is 5.91 Å². The van der Waals surface area contributed by atoms with Crippen LogP contribution in [0.15, 0.2) is 24.3 Å². The predicted octanol–water partition coefficient (Wildman–Crippen LogP) is 12.5. The fourth-order valence-corrected chi connectivity index (χ4v) is 7.74. The summed E-state index contributed by atoms with van der Waals surface area (Å²) in [7, 11) is -4.45. The third-order valence-corrected chi connectivity index (χ3v) is 11.3. The molecule has 0 aliphatic rings. The monoisotopic (exact) mass is 770 g/mol. The van der Waals surface area contributed by atoms with Crippen molar-refractivity contribution in [2.45, 2.75) is 250 Å². The minimum atomic E-state index is -4.45. The molecule has 0 heterocycles. The van der Waals surface area contributed by atoms with Crippen molar-refractivity contribution < 1.29 is 28.0 Å². The third-order valence-electron chi connectivity index (χ3n) is 10.5. The number of hydrogen-bond acceptors (Lipinski definition) is 5. The maximum Gasteiger partial charge on any atom is 0.267 e. The van der Waals surface area contributed by atoms with E-state index < -0.39 is 40.0 Å². The van der Waals surface area contributed by atoms with Crippen molar-refractivity contribution in [1.29, 1.82) is 0 Å². The van der Waals surface area contributed by atoms with Crippen LogP contribution < -0.4 is 5.32 Å². The second-order valence-electron chi connectivity index (χ2n) is 15.8. The second-order valence-corrected chi connectivity index (χ2v) is 17.3. The van der Waals surface area contributed by atoms with Crippen LogP contribution in [-0.4, -0.2) is 53.1 Å². The molecule has 0 saturated carbocycles. The molecule has 0 spiro atoms. The van der Waals surface area contributed by atoms with Gasteiger partial charge in [0.1, 0.15) is 6.10 Å². The molecule has 0 radical (unpaired) electrons. The lowest BCUT2D eigenvalue weighted by atomic mass is 10.0. The van der Waals surface area contributed by atoms with Gasteiger partial charge >= 0.3 is 0 Å². The molecule has 8 heteroatoms. The molecule has 0 aromatic rings. The van der Waals surface area contributed by atoms with Crippen molar-refractivity contribution in [3.8, 4) is 0 Å². The summed E-state index contributed by atoms with van der Waals surface area (Å²) in [5, 5.41) is 23.4. The molecule has 0 fully saturated rings. The number of aliphatic hydroxyl groups is 2. The Hall–Kier alpha value is -1.22. The first-order chi connectivity index (χ1) is 25.7. The number of amides is 1. The van der Waals surface area contributed by atoms with Crippen molar-refractivity contribution in [3.05, 3.63) is 24.3 Å². The molecule has 314 valence electrons. The van der Waals surface area contributed by atoms with Crippen LogP contribution in [-0.2, 0) is 14.9 Å². The number of carbonyl (C=O) groups excluding carboxylic acids is 1. The molecule has 3 atom stereocenters. The maximum atomic E-state index is 12.6. The third kappa shape index (κ3) is 38.8. The predicted molar refractivity (Wildman–Crippen MR) is 227 cm³/mol. The van der Waals surface area contributed by atoms with Gasteiger partial charge in [-0.1, -0.05) is 224 Å². The second kappa shape index (κ2) is 39.0. The number of aliphatic hydroxyl groups excluding tert-OH is 2. The first-order valence-corrected chi connectivity index (χ1v) is 24.3. The fraction of sp³-hybridized carbons (Fsp3) is 0.889. The lowest BCUT2D eigenvalue weighted by Gasteiger charge is -2.22. The minimum absolute atomic E-state index is 0.278. The summed E-state index contributed by atoms with van der Waals surface area (Å²) in [5.74, 6) is -1.55. The summed E-state index contributed by atoms with van der Waals surface area (Å²) in [5.41, 5.74) is 0. The maximum absolute atomic E-state index is 12.6. The van der Waals surface area contributed by atoms with Crippen molar-refractivity contribution in [2.24, 2.45) is 0 Å². The lowest BCUT2D eigenvalue weighted by Crippen LogP contribution is -2.50. The number of nitrogens with one attached hydrogen (secondary N) is 1. The summed E-state index contributed by atoms with van der Waals surface area (Å²) in [6.45, 7) is 4.53. The molecular weight excluding hydrogens is 683 g/mol. The highest BCUT2D eigenvalue weighted by molar-refractivity contribution is 7.85. The van der Waals surface area contributed by atoms with E-state index in [1.54, 1.807) is 6.08 Å². The van der Waals surface area contributed by atoms with Gasteiger partial charge in [-0.3, -0.25) is 9.35 Å². The van der Waals surface area contributed by atoms with Gasteiger partial charge in [-0.2, -0.15) is 8.42 Å². The van der Waals surface area contributed by atoms with Crippen molar-refractivity contribution in [1.82, 2.24) is 5.32 Å². The van der Waals surface area contributed by atoms with Gasteiger partial charge in [0, 0.05) is 0 Å². The van der Waals surface area contributed by atoms with Crippen molar-refractivity contribution in [3.63, 3.8) is 0 Å². The van der Waals surface area contributed by atoms with E-state index >= 15 is 0 Å². The average Bonchev–Trinajstić information content (AvgIpc) is 3.12. The number of carbonyl (C=O) groups is 1. The van der Waals surface area contributed by atoms with E-state index in [0.29, 0.717) is 12.8 Å². The molecular formula is C45H87NO6S. The topological polar surface area (TPSA) is 124 Å².